The molecule has 4 rings (SSSR count). The molecule has 0 spiro atoms. The van der Waals surface area contributed by atoms with Gasteiger partial charge in [0.05, 0.1) is 23.4 Å². The second-order valence-corrected chi connectivity index (χ2v) is 7.18. The number of aliphatic hydroxyl groups is 1. The SMILES string of the molecule is Cc1ccc(Nc2nc(NC[C@H](C)O)nc3c2cnn3-c2ccccc2)cc1C. The third-order valence-corrected chi connectivity index (χ3v) is 4.75. The molecule has 1 atom stereocenters. The summed E-state index contributed by atoms with van der Waals surface area (Å²) >= 11 is 0. The number of rotatable bonds is 6. The number of aromatic nitrogens is 4. The van der Waals surface area contributed by atoms with Crippen molar-refractivity contribution in [3.63, 3.8) is 0 Å². The second-order valence-electron chi connectivity index (χ2n) is 7.18. The van der Waals surface area contributed by atoms with Crippen molar-refractivity contribution in [1.29, 1.82) is 0 Å². The van der Waals surface area contributed by atoms with Crippen molar-refractivity contribution >= 4 is 28.5 Å². The number of hydrogen-bond acceptors (Lipinski definition) is 6. The van der Waals surface area contributed by atoms with E-state index in [1.54, 1.807) is 17.8 Å². The number of hydrogen-bond donors (Lipinski definition) is 3. The number of nitrogens with zero attached hydrogens (tertiary/aromatic N) is 4. The maximum Gasteiger partial charge on any atom is 0.226 e. The van der Waals surface area contributed by atoms with Crippen molar-refractivity contribution in [2.24, 2.45) is 0 Å². The van der Waals surface area contributed by atoms with Crippen LogP contribution in [0.5, 0.6) is 0 Å². The minimum atomic E-state index is -0.510. The van der Waals surface area contributed by atoms with Gasteiger partial charge >= 0.3 is 0 Å². The normalized spacial score (nSPS) is 12.1. The van der Waals surface area contributed by atoms with Gasteiger partial charge in [-0.05, 0) is 56.2 Å². The molecule has 2 aromatic heterocycles. The van der Waals surface area contributed by atoms with Gasteiger partial charge < -0.3 is 15.7 Å². The summed E-state index contributed by atoms with van der Waals surface area (Å²) in [4.78, 5) is 9.27. The molecule has 2 heterocycles. The van der Waals surface area contributed by atoms with Gasteiger partial charge in [-0.25, -0.2) is 4.68 Å². The highest BCUT2D eigenvalue weighted by Crippen LogP contribution is 2.27. The highest BCUT2D eigenvalue weighted by molar-refractivity contribution is 5.90. The van der Waals surface area contributed by atoms with Crippen molar-refractivity contribution in [3.8, 4) is 5.69 Å². The molecule has 148 valence electrons. The Hall–Kier alpha value is -3.45. The third kappa shape index (κ3) is 4.05. The molecule has 4 aromatic rings. The van der Waals surface area contributed by atoms with Crippen molar-refractivity contribution in [2.45, 2.75) is 26.9 Å². The topological polar surface area (TPSA) is 87.9 Å². The zero-order chi connectivity index (χ0) is 20.4. The van der Waals surface area contributed by atoms with Gasteiger partial charge in [-0.3, -0.25) is 0 Å². The first kappa shape index (κ1) is 18.9. The summed E-state index contributed by atoms with van der Waals surface area (Å²) < 4.78 is 1.79. The van der Waals surface area contributed by atoms with E-state index in [1.165, 1.54) is 11.1 Å². The predicted molar refractivity (Wildman–Crippen MR) is 116 cm³/mol. The summed E-state index contributed by atoms with van der Waals surface area (Å²) in [6.07, 6.45) is 1.26. The lowest BCUT2D eigenvalue weighted by Crippen LogP contribution is -2.17. The molecule has 0 aliphatic carbocycles. The van der Waals surface area contributed by atoms with E-state index < -0.39 is 6.10 Å². The third-order valence-electron chi connectivity index (χ3n) is 4.75. The van der Waals surface area contributed by atoms with Crippen LogP contribution in [0.3, 0.4) is 0 Å². The largest absolute Gasteiger partial charge is 0.392 e. The molecule has 0 bridgehead atoms. The van der Waals surface area contributed by atoms with Gasteiger partial charge in [0.2, 0.25) is 5.95 Å². The van der Waals surface area contributed by atoms with Crippen LogP contribution in [0.1, 0.15) is 18.1 Å². The Balaban J connectivity index is 1.81. The van der Waals surface area contributed by atoms with Crippen molar-refractivity contribution in [1.82, 2.24) is 19.7 Å². The number of nitrogens with one attached hydrogen (secondary N) is 2. The van der Waals surface area contributed by atoms with E-state index >= 15 is 0 Å². The molecule has 7 nitrogen and oxygen atoms in total. The number of fused-ring (bicyclic) bond motifs is 1. The van der Waals surface area contributed by atoms with Gasteiger partial charge in [0.25, 0.3) is 0 Å². The summed E-state index contributed by atoms with van der Waals surface area (Å²) in [6, 6.07) is 16.1. The number of aryl methyl sites for hydroxylation is 2. The fraction of sp³-hybridized carbons (Fsp3) is 0.227. The summed E-state index contributed by atoms with van der Waals surface area (Å²) in [5.74, 6) is 1.09. The zero-order valence-electron chi connectivity index (χ0n) is 16.7. The average Bonchev–Trinajstić information content (AvgIpc) is 3.14. The van der Waals surface area contributed by atoms with E-state index in [1.807, 2.05) is 36.4 Å². The number of para-hydroxylation sites is 1. The average molecular weight is 388 g/mol. The smallest absolute Gasteiger partial charge is 0.226 e. The maximum atomic E-state index is 9.63. The van der Waals surface area contributed by atoms with Crippen LogP contribution >= 0.6 is 0 Å². The van der Waals surface area contributed by atoms with Crippen LogP contribution in [0.25, 0.3) is 16.7 Å². The van der Waals surface area contributed by atoms with Gasteiger partial charge in [0.15, 0.2) is 5.65 Å². The van der Waals surface area contributed by atoms with E-state index in [0.29, 0.717) is 24.0 Å². The Morgan fingerprint density at radius 2 is 1.83 bits per heavy atom. The maximum absolute atomic E-state index is 9.63. The van der Waals surface area contributed by atoms with Crippen LogP contribution in [0.2, 0.25) is 0 Å². The van der Waals surface area contributed by atoms with Crippen LogP contribution in [-0.2, 0) is 0 Å². The molecular weight excluding hydrogens is 364 g/mol. The van der Waals surface area contributed by atoms with Gasteiger partial charge in [-0.1, -0.05) is 24.3 Å². The Labute approximate surface area is 169 Å². The molecule has 0 saturated heterocycles. The zero-order valence-corrected chi connectivity index (χ0v) is 16.7. The number of aliphatic hydroxyl groups excluding tert-OH is 1. The first-order valence-corrected chi connectivity index (χ1v) is 9.58. The van der Waals surface area contributed by atoms with Gasteiger partial charge in [0, 0.05) is 12.2 Å². The Morgan fingerprint density at radius 1 is 1.03 bits per heavy atom. The summed E-state index contributed by atoms with van der Waals surface area (Å²) in [5, 5.41) is 21.5. The van der Waals surface area contributed by atoms with Crippen LogP contribution in [0.4, 0.5) is 17.5 Å². The first-order chi connectivity index (χ1) is 14.0. The molecule has 0 aliphatic heterocycles. The van der Waals surface area contributed by atoms with Crippen LogP contribution in [-0.4, -0.2) is 37.5 Å². The fourth-order valence-electron chi connectivity index (χ4n) is 3.04. The lowest BCUT2D eigenvalue weighted by atomic mass is 10.1. The monoisotopic (exact) mass is 388 g/mol. The van der Waals surface area contributed by atoms with E-state index in [0.717, 1.165) is 16.8 Å². The minimum absolute atomic E-state index is 0.355. The van der Waals surface area contributed by atoms with Crippen molar-refractivity contribution in [2.75, 3.05) is 17.2 Å². The van der Waals surface area contributed by atoms with Crippen molar-refractivity contribution < 1.29 is 5.11 Å². The molecule has 0 fully saturated rings. The Bertz CT molecular complexity index is 1140. The fourth-order valence-corrected chi connectivity index (χ4v) is 3.04. The minimum Gasteiger partial charge on any atom is -0.392 e. The van der Waals surface area contributed by atoms with Crippen molar-refractivity contribution in [3.05, 3.63) is 65.9 Å². The highest BCUT2D eigenvalue weighted by Gasteiger charge is 2.15. The second kappa shape index (κ2) is 7.89. The molecular formula is C22H24N6O. The Kier molecular flexibility index (Phi) is 5.14. The molecule has 0 aliphatic rings. The summed E-state index contributed by atoms with van der Waals surface area (Å²) in [5.41, 5.74) is 4.99. The Morgan fingerprint density at radius 3 is 2.55 bits per heavy atom. The number of benzene rings is 2. The molecule has 29 heavy (non-hydrogen) atoms. The molecule has 0 amide bonds. The van der Waals surface area contributed by atoms with Gasteiger partial charge in [-0.2, -0.15) is 15.1 Å². The van der Waals surface area contributed by atoms with Crippen LogP contribution in [0.15, 0.2) is 54.7 Å². The molecule has 3 N–H and O–H groups in total. The van der Waals surface area contributed by atoms with Gasteiger partial charge in [-0.15, -0.1) is 0 Å². The van der Waals surface area contributed by atoms with Crippen LogP contribution in [0, 0.1) is 13.8 Å². The van der Waals surface area contributed by atoms with E-state index in [9.17, 15) is 5.11 Å². The number of anilines is 3. The van der Waals surface area contributed by atoms with E-state index in [-0.39, 0.29) is 0 Å². The van der Waals surface area contributed by atoms with Crippen LogP contribution < -0.4 is 10.6 Å². The molecule has 0 radical (unpaired) electrons. The lowest BCUT2D eigenvalue weighted by Gasteiger charge is -2.12. The molecule has 0 unspecified atom stereocenters. The van der Waals surface area contributed by atoms with E-state index in [4.69, 9.17) is 0 Å². The summed E-state index contributed by atoms with van der Waals surface area (Å²) in [7, 11) is 0. The summed E-state index contributed by atoms with van der Waals surface area (Å²) in [6.45, 7) is 6.24. The molecule has 0 saturated carbocycles. The standard InChI is InChI=1S/C22H24N6O/c1-14-9-10-17(11-15(14)2)25-20-19-13-24-28(18-7-5-4-6-8-18)21(19)27-22(26-20)23-12-16(3)29/h4-11,13,16,29H,12H2,1-3H3,(H2,23,25,26,27)/t16-/m0/s1. The lowest BCUT2D eigenvalue weighted by molar-refractivity contribution is 0.208. The predicted octanol–water partition coefficient (Wildman–Crippen LogP) is 3.97. The highest BCUT2D eigenvalue weighted by atomic mass is 16.3. The van der Waals surface area contributed by atoms with Gasteiger partial charge in [0.1, 0.15) is 5.82 Å². The molecule has 2 aromatic carbocycles. The quantitative estimate of drug-likeness (QED) is 0.463. The molecule has 7 heteroatoms. The van der Waals surface area contributed by atoms with E-state index in [2.05, 4.69) is 51.7 Å². The first-order valence-electron chi connectivity index (χ1n) is 9.58.